The van der Waals surface area contributed by atoms with Gasteiger partial charge in [0.2, 0.25) is 0 Å². The molecule has 0 aliphatic carbocycles. The lowest BCUT2D eigenvalue weighted by atomic mass is 10.1. The van der Waals surface area contributed by atoms with Gasteiger partial charge in [0.15, 0.2) is 0 Å². The van der Waals surface area contributed by atoms with Crippen molar-refractivity contribution in [3.8, 4) is 0 Å². The first kappa shape index (κ1) is 11.7. The molecule has 0 bridgehead atoms. The Balaban J connectivity index is 2.26. The van der Waals surface area contributed by atoms with Crippen molar-refractivity contribution in [3.63, 3.8) is 0 Å². The van der Waals surface area contributed by atoms with Crippen molar-refractivity contribution < 1.29 is 14.0 Å². The molecule has 1 N–H and O–H groups in total. The first-order valence-electron chi connectivity index (χ1n) is 5.45. The summed E-state index contributed by atoms with van der Waals surface area (Å²) in [4.78, 5) is 24.7. The lowest BCUT2D eigenvalue weighted by Crippen LogP contribution is -2.32. The van der Waals surface area contributed by atoms with Crippen LogP contribution in [0.5, 0.6) is 0 Å². The molecule has 0 spiro atoms. The molecule has 0 saturated heterocycles. The Morgan fingerprint density at radius 1 is 1.35 bits per heavy atom. The molecule has 0 fully saturated rings. The molecule has 0 unspecified atom stereocenters. The quantitative estimate of drug-likeness (QED) is 0.626. The number of hydrogen-bond acceptors (Lipinski definition) is 3. The van der Waals surface area contributed by atoms with Crippen LogP contribution in [-0.4, -0.2) is 31.8 Å². The fourth-order valence-electron chi connectivity index (χ4n) is 1.90. The SMILES string of the molecule is CNCCCN1C(=O)C(=O)c2ccc(F)cc21. The molecule has 5 heteroatoms. The van der Waals surface area contributed by atoms with Gasteiger partial charge in [-0.25, -0.2) is 4.39 Å². The summed E-state index contributed by atoms with van der Waals surface area (Å²) in [6, 6.07) is 3.79. The molecule has 1 aromatic carbocycles. The van der Waals surface area contributed by atoms with E-state index < -0.39 is 17.5 Å². The highest BCUT2D eigenvalue weighted by atomic mass is 19.1. The van der Waals surface area contributed by atoms with Crippen LogP contribution in [0.4, 0.5) is 10.1 Å². The van der Waals surface area contributed by atoms with Gasteiger partial charge in [-0.2, -0.15) is 0 Å². The van der Waals surface area contributed by atoms with E-state index in [1.54, 1.807) is 0 Å². The monoisotopic (exact) mass is 236 g/mol. The number of hydrogen-bond donors (Lipinski definition) is 1. The van der Waals surface area contributed by atoms with Crippen molar-refractivity contribution >= 4 is 17.4 Å². The zero-order valence-electron chi connectivity index (χ0n) is 9.50. The van der Waals surface area contributed by atoms with Crippen LogP contribution in [0.2, 0.25) is 0 Å². The number of nitrogens with one attached hydrogen (secondary N) is 1. The number of rotatable bonds is 4. The van der Waals surface area contributed by atoms with Gasteiger partial charge in [-0.3, -0.25) is 9.59 Å². The van der Waals surface area contributed by atoms with Crippen LogP contribution in [0.1, 0.15) is 16.8 Å². The second-order valence-corrected chi connectivity index (χ2v) is 3.90. The zero-order chi connectivity index (χ0) is 12.4. The average Bonchev–Trinajstić information content (AvgIpc) is 2.54. The second-order valence-electron chi connectivity index (χ2n) is 3.90. The summed E-state index contributed by atoms with van der Waals surface area (Å²) in [6.07, 6.45) is 0.714. The molecule has 4 nitrogen and oxygen atoms in total. The van der Waals surface area contributed by atoms with E-state index >= 15 is 0 Å². The summed E-state index contributed by atoms with van der Waals surface area (Å²) in [5, 5.41) is 2.96. The number of amides is 1. The summed E-state index contributed by atoms with van der Waals surface area (Å²) in [5.74, 6) is -1.56. The number of ketones is 1. The number of anilines is 1. The molecule has 1 heterocycles. The topological polar surface area (TPSA) is 49.4 Å². The van der Waals surface area contributed by atoms with Gasteiger partial charge in [0.05, 0.1) is 11.3 Å². The number of Topliss-reactive ketones (excluding diaryl/α,β-unsaturated/α-hetero) is 1. The van der Waals surface area contributed by atoms with Gasteiger partial charge in [0, 0.05) is 6.54 Å². The van der Waals surface area contributed by atoms with Crippen LogP contribution in [0.25, 0.3) is 0 Å². The largest absolute Gasteiger partial charge is 0.320 e. The van der Waals surface area contributed by atoms with Crippen molar-refractivity contribution in [2.24, 2.45) is 0 Å². The van der Waals surface area contributed by atoms with E-state index in [0.29, 0.717) is 24.2 Å². The maximum Gasteiger partial charge on any atom is 0.299 e. The number of halogens is 1. The van der Waals surface area contributed by atoms with E-state index in [9.17, 15) is 14.0 Å². The molecule has 0 atom stereocenters. The molecular formula is C12H13FN2O2. The van der Waals surface area contributed by atoms with Gasteiger partial charge in [-0.05, 0) is 38.2 Å². The third kappa shape index (κ3) is 2.06. The zero-order valence-corrected chi connectivity index (χ0v) is 9.50. The Kier molecular flexibility index (Phi) is 3.19. The first-order chi connectivity index (χ1) is 8.15. The maximum absolute atomic E-state index is 13.1. The Morgan fingerprint density at radius 2 is 2.12 bits per heavy atom. The van der Waals surface area contributed by atoms with Gasteiger partial charge in [0.25, 0.3) is 11.7 Å². The Labute approximate surface area is 98.4 Å². The summed E-state index contributed by atoms with van der Waals surface area (Å²) < 4.78 is 13.1. The summed E-state index contributed by atoms with van der Waals surface area (Å²) in [6.45, 7) is 1.16. The van der Waals surface area contributed by atoms with Gasteiger partial charge >= 0.3 is 0 Å². The lowest BCUT2D eigenvalue weighted by Gasteiger charge is -2.16. The van der Waals surface area contributed by atoms with Gasteiger partial charge in [-0.15, -0.1) is 0 Å². The smallest absolute Gasteiger partial charge is 0.299 e. The number of carbonyl (C=O) groups is 2. The lowest BCUT2D eigenvalue weighted by molar-refractivity contribution is -0.114. The molecule has 0 aromatic heterocycles. The number of nitrogens with zero attached hydrogens (tertiary/aromatic N) is 1. The van der Waals surface area contributed by atoms with Gasteiger partial charge in [0.1, 0.15) is 5.82 Å². The van der Waals surface area contributed by atoms with Crippen LogP contribution in [0.3, 0.4) is 0 Å². The highest BCUT2D eigenvalue weighted by Crippen LogP contribution is 2.29. The Morgan fingerprint density at radius 3 is 2.82 bits per heavy atom. The Hall–Kier alpha value is -1.75. The third-order valence-corrected chi connectivity index (χ3v) is 2.74. The fourth-order valence-corrected chi connectivity index (χ4v) is 1.90. The van der Waals surface area contributed by atoms with E-state index in [1.807, 2.05) is 7.05 Å². The Bertz CT molecular complexity index is 474. The van der Waals surface area contributed by atoms with Gasteiger partial charge < -0.3 is 10.2 Å². The maximum atomic E-state index is 13.1. The van der Waals surface area contributed by atoms with E-state index in [1.165, 1.54) is 23.1 Å². The molecule has 90 valence electrons. The van der Waals surface area contributed by atoms with E-state index in [2.05, 4.69) is 5.32 Å². The van der Waals surface area contributed by atoms with E-state index in [-0.39, 0.29) is 0 Å². The highest BCUT2D eigenvalue weighted by molar-refractivity contribution is 6.52. The average molecular weight is 236 g/mol. The van der Waals surface area contributed by atoms with Crippen molar-refractivity contribution in [2.45, 2.75) is 6.42 Å². The van der Waals surface area contributed by atoms with Crippen molar-refractivity contribution in [2.75, 3.05) is 25.0 Å². The number of carbonyl (C=O) groups excluding carboxylic acids is 2. The van der Waals surface area contributed by atoms with Crippen LogP contribution in [0.15, 0.2) is 18.2 Å². The highest BCUT2D eigenvalue weighted by Gasteiger charge is 2.35. The summed E-state index contributed by atoms with van der Waals surface area (Å²) in [5.41, 5.74) is 0.678. The van der Waals surface area contributed by atoms with Crippen LogP contribution in [-0.2, 0) is 4.79 Å². The standard InChI is InChI=1S/C12H13FN2O2/c1-14-5-2-6-15-10-7-8(13)3-4-9(10)11(16)12(15)17/h3-4,7,14H,2,5-6H2,1H3. The molecule has 1 aliphatic heterocycles. The molecule has 1 aliphatic rings. The van der Waals surface area contributed by atoms with Crippen LogP contribution >= 0.6 is 0 Å². The number of fused-ring (bicyclic) bond motifs is 1. The molecule has 17 heavy (non-hydrogen) atoms. The minimum atomic E-state index is -0.568. The number of benzene rings is 1. The second kappa shape index (κ2) is 4.63. The van der Waals surface area contributed by atoms with Crippen LogP contribution in [0, 0.1) is 5.82 Å². The molecule has 1 aromatic rings. The van der Waals surface area contributed by atoms with Gasteiger partial charge in [-0.1, -0.05) is 0 Å². The molecule has 0 saturated carbocycles. The van der Waals surface area contributed by atoms with E-state index in [4.69, 9.17) is 0 Å². The third-order valence-electron chi connectivity index (χ3n) is 2.74. The van der Waals surface area contributed by atoms with E-state index in [0.717, 1.165) is 6.54 Å². The normalized spacial score (nSPS) is 14.4. The molecule has 1 amide bonds. The minimum Gasteiger partial charge on any atom is -0.320 e. The summed E-state index contributed by atoms with van der Waals surface area (Å²) >= 11 is 0. The van der Waals surface area contributed by atoms with Crippen molar-refractivity contribution in [3.05, 3.63) is 29.6 Å². The predicted octanol–water partition coefficient (Wildman–Crippen LogP) is 0.964. The predicted molar refractivity (Wildman–Crippen MR) is 61.6 cm³/mol. The fraction of sp³-hybridized carbons (Fsp3) is 0.333. The van der Waals surface area contributed by atoms with Crippen molar-refractivity contribution in [1.82, 2.24) is 5.32 Å². The summed E-state index contributed by atoms with van der Waals surface area (Å²) in [7, 11) is 1.81. The molecule has 0 radical (unpaired) electrons. The first-order valence-corrected chi connectivity index (χ1v) is 5.45. The molecular weight excluding hydrogens is 223 g/mol. The minimum absolute atomic E-state index is 0.292. The van der Waals surface area contributed by atoms with Crippen LogP contribution < -0.4 is 10.2 Å². The van der Waals surface area contributed by atoms with Crippen molar-refractivity contribution in [1.29, 1.82) is 0 Å². The molecule has 2 rings (SSSR count).